The SMILES string of the molecule is NCC#Cc1cnc(NC(=O)NC2CCC2)s1. The third-order valence-electron chi connectivity index (χ3n) is 2.48. The first-order chi connectivity index (χ1) is 8.28. The van der Waals surface area contributed by atoms with Crippen molar-refractivity contribution in [3.63, 3.8) is 0 Å². The van der Waals surface area contributed by atoms with Crippen molar-refractivity contribution in [2.75, 3.05) is 11.9 Å². The van der Waals surface area contributed by atoms with Crippen molar-refractivity contribution in [3.05, 3.63) is 11.1 Å². The molecule has 1 fully saturated rings. The largest absolute Gasteiger partial charge is 0.335 e. The highest BCUT2D eigenvalue weighted by Gasteiger charge is 2.19. The van der Waals surface area contributed by atoms with Crippen LogP contribution < -0.4 is 16.4 Å². The van der Waals surface area contributed by atoms with Gasteiger partial charge in [-0.2, -0.15) is 0 Å². The van der Waals surface area contributed by atoms with Gasteiger partial charge in [0.25, 0.3) is 0 Å². The summed E-state index contributed by atoms with van der Waals surface area (Å²) >= 11 is 1.34. The molecular weight excluding hydrogens is 236 g/mol. The van der Waals surface area contributed by atoms with Gasteiger partial charge < -0.3 is 11.1 Å². The third kappa shape index (κ3) is 3.44. The number of hydrogen-bond donors (Lipinski definition) is 3. The Kier molecular flexibility index (Phi) is 3.96. The van der Waals surface area contributed by atoms with Crippen LogP contribution >= 0.6 is 11.3 Å². The third-order valence-corrected chi connectivity index (χ3v) is 3.31. The maximum absolute atomic E-state index is 11.5. The van der Waals surface area contributed by atoms with Gasteiger partial charge in [0.05, 0.1) is 17.6 Å². The molecule has 0 spiro atoms. The summed E-state index contributed by atoms with van der Waals surface area (Å²) in [5.41, 5.74) is 5.27. The van der Waals surface area contributed by atoms with Crippen molar-refractivity contribution in [2.45, 2.75) is 25.3 Å². The van der Waals surface area contributed by atoms with Crippen LogP contribution in [0.4, 0.5) is 9.93 Å². The normalized spacial score (nSPS) is 14.4. The van der Waals surface area contributed by atoms with E-state index in [1.807, 2.05) is 0 Å². The molecule has 0 atom stereocenters. The number of nitrogens with one attached hydrogen (secondary N) is 2. The summed E-state index contributed by atoms with van der Waals surface area (Å²) in [4.78, 5) is 16.4. The lowest BCUT2D eigenvalue weighted by Crippen LogP contribution is -2.41. The van der Waals surface area contributed by atoms with E-state index in [1.165, 1.54) is 17.8 Å². The highest BCUT2D eigenvalue weighted by atomic mass is 32.1. The molecule has 1 aromatic heterocycles. The number of nitrogens with zero attached hydrogens (tertiary/aromatic N) is 1. The molecule has 0 bridgehead atoms. The van der Waals surface area contributed by atoms with Crippen molar-refractivity contribution in [1.29, 1.82) is 0 Å². The summed E-state index contributed by atoms with van der Waals surface area (Å²) in [6.45, 7) is 0.322. The lowest BCUT2D eigenvalue weighted by atomic mass is 9.93. The molecule has 90 valence electrons. The minimum Gasteiger partial charge on any atom is -0.335 e. The minimum absolute atomic E-state index is 0.192. The van der Waals surface area contributed by atoms with Gasteiger partial charge in [-0.15, -0.1) is 0 Å². The highest BCUT2D eigenvalue weighted by molar-refractivity contribution is 7.16. The molecule has 17 heavy (non-hydrogen) atoms. The van der Waals surface area contributed by atoms with Crippen molar-refractivity contribution in [2.24, 2.45) is 5.73 Å². The first kappa shape index (κ1) is 11.9. The minimum atomic E-state index is -0.192. The molecule has 2 rings (SSSR count). The number of rotatable bonds is 2. The Morgan fingerprint density at radius 2 is 2.47 bits per heavy atom. The van der Waals surface area contributed by atoms with E-state index in [-0.39, 0.29) is 6.03 Å². The number of urea groups is 1. The molecule has 4 N–H and O–H groups in total. The standard InChI is InChI=1S/C11H14N4OS/c12-6-2-5-9-7-13-11(17-9)15-10(16)14-8-3-1-4-8/h7-8H,1,3-4,6,12H2,(H2,13,14,15,16). The van der Waals surface area contributed by atoms with Crippen LogP contribution in [-0.2, 0) is 0 Å². The van der Waals surface area contributed by atoms with E-state index in [1.54, 1.807) is 6.20 Å². The quantitative estimate of drug-likeness (QED) is 0.688. The van der Waals surface area contributed by atoms with Crippen LogP contribution in [0, 0.1) is 11.8 Å². The Hall–Kier alpha value is -1.58. The van der Waals surface area contributed by atoms with Crippen LogP contribution in [-0.4, -0.2) is 23.6 Å². The van der Waals surface area contributed by atoms with Gasteiger partial charge in [0.2, 0.25) is 0 Å². The Balaban J connectivity index is 1.85. The molecule has 2 amide bonds. The molecule has 0 radical (unpaired) electrons. The van der Waals surface area contributed by atoms with Crippen molar-refractivity contribution >= 4 is 22.5 Å². The monoisotopic (exact) mass is 250 g/mol. The van der Waals surface area contributed by atoms with Gasteiger partial charge in [-0.1, -0.05) is 23.2 Å². The average Bonchev–Trinajstić information content (AvgIpc) is 2.68. The van der Waals surface area contributed by atoms with Crippen LogP contribution in [0.1, 0.15) is 24.1 Å². The van der Waals surface area contributed by atoms with Crippen LogP contribution in [0.15, 0.2) is 6.20 Å². The molecule has 0 saturated heterocycles. The van der Waals surface area contributed by atoms with E-state index < -0.39 is 0 Å². The van der Waals surface area contributed by atoms with Gasteiger partial charge >= 0.3 is 6.03 Å². The van der Waals surface area contributed by atoms with Crippen LogP contribution in [0.3, 0.4) is 0 Å². The van der Waals surface area contributed by atoms with Crippen molar-refractivity contribution < 1.29 is 4.79 Å². The Bertz CT molecular complexity index is 456. The second-order valence-electron chi connectivity index (χ2n) is 3.76. The summed E-state index contributed by atoms with van der Waals surface area (Å²) in [6.07, 6.45) is 4.96. The zero-order valence-corrected chi connectivity index (χ0v) is 10.1. The fraction of sp³-hybridized carbons (Fsp3) is 0.455. The molecule has 1 heterocycles. The number of aromatic nitrogens is 1. The Morgan fingerprint density at radius 3 is 3.12 bits per heavy atom. The maximum atomic E-state index is 11.5. The average molecular weight is 250 g/mol. The molecular formula is C11H14N4OS. The number of thiazole rings is 1. The Morgan fingerprint density at radius 1 is 1.65 bits per heavy atom. The fourth-order valence-electron chi connectivity index (χ4n) is 1.40. The number of anilines is 1. The molecule has 1 saturated carbocycles. The molecule has 6 heteroatoms. The van der Waals surface area contributed by atoms with E-state index in [0.717, 1.165) is 17.7 Å². The number of hydrogen-bond acceptors (Lipinski definition) is 4. The van der Waals surface area contributed by atoms with Gasteiger partial charge in [0.1, 0.15) is 0 Å². The molecule has 1 aromatic rings. The summed E-state index contributed by atoms with van der Waals surface area (Å²) < 4.78 is 0. The highest BCUT2D eigenvalue weighted by Crippen LogP contribution is 2.19. The van der Waals surface area contributed by atoms with E-state index in [9.17, 15) is 4.79 Å². The second-order valence-corrected chi connectivity index (χ2v) is 4.79. The number of amides is 2. The van der Waals surface area contributed by atoms with E-state index >= 15 is 0 Å². The molecule has 0 aliphatic heterocycles. The summed E-state index contributed by atoms with van der Waals surface area (Å²) in [5.74, 6) is 5.61. The molecule has 1 aliphatic rings. The zero-order chi connectivity index (χ0) is 12.1. The maximum Gasteiger partial charge on any atom is 0.321 e. The van der Waals surface area contributed by atoms with Gasteiger partial charge in [-0.05, 0) is 19.3 Å². The first-order valence-electron chi connectivity index (χ1n) is 5.50. The summed E-state index contributed by atoms with van der Waals surface area (Å²) in [7, 11) is 0. The van der Waals surface area contributed by atoms with E-state index in [0.29, 0.717) is 17.7 Å². The molecule has 5 nitrogen and oxygen atoms in total. The number of nitrogens with two attached hydrogens (primary N) is 1. The Labute approximate surface area is 104 Å². The van der Waals surface area contributed by atoms with Gasteiger partial charge in [-0.25, -0.2) is 9.78 Å². The smallest absolute Gasteiger partial charge is 0.321 e. The zero-order valence-electron chi connectivity index (χ0n) is 9.32. The summed E-state index contributed by atoms with van der Waals surface area (Å²) in [5, 5.41) is 6.13. The predicted molar refractivity (Wildman–Crippen MR) is 67.8 cm³/mol. The summed E-state index contributed by atoms with van der Waals surface area (Å²) in [6, 6.07) is 0.133. The van der Waals surface area contributed by atoms with Crippen LogP contribution in [0.2, 0.25) is 0 Å². The predicted octanol–water partition coefficient (Wildman–Crippen LogP) is 1.13. The topological polar surface area (TPSA) is 80.0 Å². The van der Waals surface area contributed by atoms with Crippen LogP contribution in [0.25, 0.3) is 0 Å². The number of carbonyl (C=O) groups is 1. The lowest BCUT2D eigenvalue weighted by Gasteiger charge is -2.26. The van der Waals surface area contributed by atoms with Gasteiger partial charge in [0.15, 0.2) is 5.13 Å². The van der Waals surface area contributed by atoms with Crippen molar-refractivity contribution in [1.82, 2.24) is 10.3 Å². The second kappa shape index (κ2) is 5.66. The molecule has 1 aliphatic carbocycles. The lowest BCUT2D eigenvalue weighted by molar-refractivity contribution is 0.240. The van der Waals surface area contributed by atoms with Gasteiger partial charge in [0, 0.05) is 6.04 Å². The van der Waals surface area contributed by atoms with Crippen LogP contribution in [0.5, 0.6) is 0 Å². The van der Waals surface area contributed by atoms with Crippen molar-refractivity contribution in [3.8, 4) is 11.8 Å². The number of carbonyl (C=O) groups excluding carboxylic acids is 1. The molecule has 0 unspecified atom stereocenters. The molecule has 0 aromatic carbocycles. The van der Waals surface area contributed by atoms with E-state index in [2.05, 4.69) is 27.5 Å². The van der Waals surface area contributed by atoms with Gasteiger partial charge in [-0.3, -0.25) is 5.32 Å². The van der Waals surface area contributed by atoms with E-state index in [4.69, 9.17) is 5.73 Å². The fourth-order valence-corrected chi connectivity index (χ4v) is 2.09. The first-order valence-corrected chi connectivity index (χ1v) is 6.32.